The minimum atomic E-state index is -3.46. The number of benzene rings is 3. The van der Waals surface area contributed by atoms with Gasteiger partial charge in [-0.3, -0.25) is 0 Å². The Morgan fingerprint density at radius 1 is 0.893 bits per heavy atom. The minimum absolute atomic E-state index is 0.0611. The summed E-state index contributed by atoms with van der Waals surface area (Å²) in [5, 5.41) is 4.22. The van der Waals surface area contributed by atoms with Crippen LogP contribution >= 0.6 is 11.6 Å². The van der Waals surface area contributed by atoms with Crippen molar-refractivity contribution in [2.24, 2.45) is 0 Å². The first-order valence-electron chi connectivity index (χ1n) is 8.93. The largest absolute Gasteiger partial charge is 0.302 e. The number of hydrogen-bond acceptors (Lipinski definition) is 3. The van der Waals surface area contributed by atoms with E-state index < -0.39 is 10.0 Å². The predicted octanol–water partition coefficient (Wildman–Crippen LogP) is 4.47. The highest BCUT2D eigenvalue weighted by atomic mass is 35.5. The number of sulfonamides is 1. The first kappa shape index (κ1) is 20.6. The first-order valence-corrected chi connectivity index (χ1v) is 10.7. The molecule has 4 nitrogen and oxygen atoms in total. The molecule has 1 N–H and O–H groups in total. The van der Waals surface area contributed by atoms with Gasteiger partial charge in [0.05, 0.1) is 10.9 Å². The molecule has 0 fully saturated rings. The Kier molecular flexibility index (Phi) is 6.52. The van der Waals surface area contributed by atoms with Crippen molar-refractivity contribution < 1.29 is 8.42 Å². The van der Waals surface area contributed by atoms with Crippen LogP contribution in [0.15, 0.2) is 83.8 Å². The van der Waals surface area contributed by atoms with Gasteiger partial charge < -0.3 is 5.32 Å². The fourth-order valence-electron chi connectivity index (χ4n) is 3.01. The van der Waals surface area contributed by atoms with Gasteiger partial charge in [0.2, 0.25) is 10.0 Å². The van der Waals surface area contributed by atoms with Crippen LogP contribution in [-0.2, 0) is 16.6 Å². The van der Waals surface area contributed by atoms with Crippen molar-refractivity contribution in [3.8, 4) is 0 Å². The van der Waals surface area contributed by atoms with Crippen molar-refractivity contribution in [3.63, 3.8) is 0 Å². The van der Waals surface area contributed by atoms with E-state index in [0.717, 1.165) is 16.7 Å². The molecule has 0 spiro atoms. The summed E-state index contributed by atoms with van der Waals surface area (Å²) in [5.74, 6) is 0. The molecule has 0 aliphatic carbocycles. The Bertz CT molecular complexity index is 1040. The predicted molar refractivity (Wildman–Crippen MR) is 114 cm³/mol. The Morgan fingerprint density at radius 3 is 2.25 bits per heavy atom. The number of rotatable bonds is 7. The summed E-state index contributed by atoms with van der Waals surface area (Å²) in [6.45, 7) is 0.517. The van der Waals surface area contributed by atoms with Crippen molar-refractivity contribution in [2.45, 2.75) is 17.5 Å². The monoisotopic (exact) mass is 414 g/mol. The molecule has 0 saturated heterocycles. The van der Waals surface area contributed by atoms with Crippen molar-refractivity contribution in [1.82, 2.24) is 9.62 Å². The lowest BCUT2D eigenvalue weighted by molar-refractivity contribution is 0.520. The molecule has 28 heavy (non-hydrogen) atoms. The molecular formula is C22H23ClN2O2S. The second kappa shape index (κ2) is 8.88. The van der Waals surface area contributed by atoms with Crippen LogP contribution in [0.4, 0.5) is 0 Å². The SMILES string of the molecule is CN(C)S(=O)(=O)c1cccc(CNC(c2ccccc2)c2cccc(Cl)c2)c1. The Labute approximate surface area is 171 Å². The van der Waals surface area contributed by atoms with E-state index in [1.165, 1.54) is 18.4 Å². The third-order valence-electron chi connectivity index (χ3n) is 4.50. The molecule has 0 amide bonds. The molecule has 0 saturated carbocycles. The highest BCUT2D eigenvalue weighted by Crippen LogP contribution is 2.25. The summed E-state index contributed by atoms with van der Waals surface area (Å²) in [4.78, 5) is 0.288. The second-order valence-corrected chi connectivity index (χ2v) is 9.30. The number of hydrogen-bond donors (Lipinski definition) is 1. The molecule has 3 aromatic carbocycles. The Balaban J connectivity index is 1.87. The number of nitrogens with zero attached hydrogens (tertiary/aromatic N) is 1. The summed E-state index contributed by atoms with van der Waals surface area (Å²) in [7, 11) is -0.395. The topological polar surface area (TPSA) is 49.4 Å². The van der Waals surface area contributed by atoms with E-state index in [1.54, 1.807) is 18.2 Å². The van der Waals surface area contributed by atoms with E-state index >= 15 is 0 Å². The molecule has 0 aromatic heterocycles. The molecule has 0 heterocycles. The van der Waals surface area contributed by atoms with Gasteiger partial charge in [-0.1, -0.05) is 66.2 Å². The van der Waals surface area contributed by atoms with Crippen molar-refractivity contribution in [1.29, 1.82) is 0 Å². The maximum absolute atomic E-state index is 12.4. The molecule has 3 rings (SSSR count). The van der Waals surface area contributed by atoms with E-state index in [4.69, 9.17) is 11.6 Å². The van der Waals surface area contributed by atoms with Gasteiger partial charge in [-0.15, -0.1) is 0 Å². The lowest BCUT2D eigenvalue weighted by Gasteiger charge is -2.21. The maximum atomic E-state index is 12.4. The van der Waals surface area contributed by atoms with Gasteiger partial charge in [0.25, 0.3) is 0 Å². The van der Waals surface area contributed by atoms with Crippen LogP contribution in [-0.4, -0.2) is 26.8 Å². The second-order valence-electron chi connectivity index (χ2n) is 6.71. The van der Waals surface area contributed by atoms with Crippen molar-refractivity contribution in [3.05, 3.63) is 101 Å². The first-order chi connectivity index (χ1) is 13.4. The van der Waals surface area contributed by atoms with E-state index in [9.17, 15) is 8.42 Å². The summed E-state index contributed by atoms with van der Waals surface area (Å²) in [6, 6.07) is 24.8. The van der Waals surface area contributed by atoms with Crippen LogP contribution in [0, 0.1) is 0 Å². The van der Waals surface area contributed by atoms with Gasteiger partial charge >= 0.3 is 0 Å². The van der Waals surface area contributed by atoms with Gasteiger partial charge in [0, 0.05) is 25.7 Å². The molecule has 0 bridgehead atoms. The Morgan fingerprint density at radius 2 is 1.57 bits per heavy atom. The Hall–Kier alpha value is -2.18. The normalized spacial score (nSPS) is 12.9. The van der Waals surface area contributed by atoms with Crippen molar-refractivity contribution >= 4 is 21.6 Å². The maximum Gasteiger partial charge on any atom is 0.242 e. The van der Waals surface area contributed by atoms with Crippen LogP contribution in [0.5, 0.6) is 0 Å². The number of nitrogens with one attached hydrogen (secondary N) is 1. The zero-order valence-electron chi connectivity index (χ0n) is 15.8. The van der Waals surface area contributed by atoms with Gasteiger partial charge in [0.15, 0.2) is 0 Å². The standard InChI is InChI=1S/C22H23ClN2O2S/c1-25(2)28(26,27)21-13-6-8-17(14-21)16-24-22(18-9-4-3-5-10-18)19-11-7-12-20(23)15-19/h3-15,22,24H,16H2,1-2H3. The zero-order chi connectivity index (χ0) is 20.1. The lowest BCUT2D eigenvalue weighted by atomic mass is 9.98. The molecule has 0 aliphatic heterocycles. The molecular weight excluding hydrogens is 392 g/mol. The average Bonchev–Trinajstić information content (AvgIpc) is 2.69. The molecule has 0 radical (unpaired) electrons. The van der Waals surface area contributed by atoms with Crippen LogP contribution < -0.4 is 5.32 Å². The van der Waals surface area contributed by atoms with E-state index in [-0.39, 0.29) is 10.9 Å². The minimum Gasteiger partial charge on any atom is -0.302 e. The summed E-state index contributed by atoms with van der Waals surface area (Å²) >= 11 is 6.20. The van der Waals surface area contributed by atoms with Gasteiger partial charge in [-0.2, -0.15) is 0 Å². The molecule has 6 heteroatoms. The third kappa shape index (κ3) is 4.80. The highest BCUT2D eigenvalue weighted by molar-refractivity contribution is 7.89. The average molecular weight is 415 g/mol. The van der Waals surface area contributed by atoms with Crippen molar-refractivity contribution in [2.75, 3.05) is 14.1 Å². The van der Waals surface area contributed by atoms with E-state index in [1.807, 2.05) is 48.5 Å². The highest BCUT2D eigenvalue weighted by Gasteiger charge is 2.18. The van der Waals surface area contributed by atoms with Gasteiger partial charge in [-0.25, -0.2) is 12.7 Å². The van der Waals surface area contributed by atoms with Crippen LogP contribution in [0.3, 0.4) is 0 Å². The van der Waals surface area contributed by atoms with Crippen LogP contribution in [0.25, 0.3) is 0 Å². The lowest BCUT2D eigenvalue weighted by Crippen LogP contribution is -2.24. The molecule has 1 atom stereocenters. The third-order valence-corrected chi connectivity index (χ3v) is 6.55. The van der Waals surface area contributed by atoms with Gasteiger partial charge in [-0.05, 0) is 41.0 Å². The van der Waals surface area contributed by atoms with Gasteiger partial charge in [0.1, 0.15) is 0 Å². The molecule has 3 aromatic rings. The summed E-state index contributed by atoms with van der Waals surface area (Å²) in [5.41, 5.74) is 3.06. The fourth-order valence-corrected chi connectivity index (χ4v) is 4.18. The van der Waals surface area contributed by atoms with E-state index in [0.29, 0.717) is 11.6 Å². The molecule has 0 aliphatic rings. The quantitative estimate of drug-likeness (QED) is 0.620. The number of halogens is 1. The molecule has 1 unspecified atom stereocenters. The van der Waals surface area contributed by atoms with E-state index in [2.05, 4.69) is 17.4 Å². The zero-order valence-corrected chi connectivity index (χ0v) is 17.4. The summed E-state index contributed by atoms with van der Waals surface area (Å²) < 4.78 is 26.0. The van der Waals surface area contributed by atoms with Crippen LogP contribution in [0.1, 0.15) is 22.7 Å². The fraction of sp³-hybridized carbons (Fsp3) is 0.182. The smallest absolute Gasteiger partial charge is 0.242 e. The summed E-state index contributed by atoms with van der Waals surface area (Å²) in [6.07, 6.45) is 0. The molecule has 146 valence electrons. The van der Waals surface area contributed by atoms with Crippen LogP contribution in [0.2, 0.25) is 5.02 Å².